The smallest absolute Gasteiger partial charge is 0.240 e. The monoisotopic (exact) mass is 338 g/mol. The first-order valence-electron chi connectivity index (χ1n) is 6.53. The van der Waals surface area contributed by atoms with Gasteiger partial charge in [0.1, 0.15) is 5.82 Å². The van der Waals surface area contributed by atoms with E-state index in [1.807, 2.05) is 0 Å². The van der Waals surface area contributed by atoms with Crippen LogP contribution >= 0.6 is 11.6 Å². The molecule has 0 bridgehead atoms. The number of hydrogen-bond donors (Lipinski definition) is 2. The van der Waals surface area contributed by atoms with Crippen LogP contribution in [0.5, 0.6) is 0 Å². The van der Waals surface area contributed by atoms with Crippen molar-refractivity contribution >= 4 is 21.6 Å². The summed E-state index contributed by atoms with van der Waals surface area (Å²) < 4.78 is 45.3. The molecule has 8 heteroatoms. The Bertz CT molecular complexity index is 567. The molecular formula is C13H20ClFN2O3S. The number of hydrogen-bond acceptors (Lipinski definition) is 4. The van der Waals surface area contributed by atoms with Crippen LogP contribution in [0.2, 0.25) is 5.02 Å². The topological polar surface area (TPSA) is 67.4 Å². The Balaban J connectivity index is 2.83. The number of ether oxygens (including phenoxy) is 1. The van der Waals surface area contributed by atoms with Gasteiger partial charge in [-0.15, -0.1) is 0 Å². The van der Waals surface area contributed by atoms with Gasteiger partial charge in [-0.2, -0.15) is 0 Å². The molecule has 0 unspecified atom stereocenters. The van der Waals surface area contributed by atoms with E-state index in [2.05, 4.69) is 10.0 Å². The normalized spacial score (nSPS) is 11.8. The van der Waals surface area contributed by atoms with Crippen molar-refractivity contribution in [2.75, 3.05) is 27.3 Å². The molecular weight excluding hydrogens is 319 g/mol. The van der Waals surface area contributed by atoms with Gasteiger partial charge in [-0.05, 0) is 37.6 Å². The Kier molecular flexibility index (Phi) is 7.55. The number of unbranched alkanes of at least 4 members (excludes halogenated alkanes) is 1. The maximum Gasteiger partial charge on any atom is 0.240 e. The van der Waals surface area contributed by atoms with Crippen LogP contribution in [0.3, 0.4) is 0 Å². The molecule has 0 fully saturated rings. The van der Waals surface area contributed by atoms with Crippen LogP contribution in [0, 0.1) is 5.82 Å². The number of methoxy groups -OCH3 is 1. The van der Waals surface area contributed by atoms with Crippen molar-refractivity contribution in [1.29, 1.82) is 0 Å². The average Bonchev–Trinajstić information content (AvgIpc) is 2.43. The molecule has 0 aromatic heterocycles. The third-order valence-electron chi connectivity index (χ3n) is 2.82. The Morgan fingerprint density at radius 3 is 2.67 bits per heavy atom. The van der Waals surface area contributed by atoms with Gasteiger partial charge in [-0.1, -0.05) is 11.6 Å². The summed E-state index contributed by atoms with van der Waals surface area (Å²) in [5, 5.41) is 2.75. The van der Waals surface area contributed by atoms with Crippen molar-refractivity contribution in [3.8, 4) is 0 Å². The summed E-state index contributed by atoms with van der Waals surface area (Å²) in [5.74, 6) is -0.746. The van der Waals surface area contributed by atoms with E-state index in [4.69, 9.17) is 16.3 Å². The van der Waals surface area contributed by atoms with Crippen LogP contribution in [0.25, 0.3) is 0 Å². The third-order valence-corrected chi connectivity index (χ3v) is 4.69. The molecule has 1 aromatic carbocycles. The fourth-order valence-corrected chi connectivity index (χ4v) is 3.07. The van der Waals surface area contributed by atoms with Gasteiger partial charge in [-0.25, -0.2) is 17.5 Å². The van der Waals surface area contributed by atoms with E-state index in [1.54, 1.807) is 14.2 Å². The molecule has 0 aliphatic rings. The molecule has 2 N–H and O–H groups in total. The van der Waals surface area contributed by atoms with Crippen molar-refractivity contribution in [3.63, 3.8) is 0 Å². The lowest BCUT2D eigenvalue weighted by atomic mass is 10.2. The van der Waals surface area contributed by atoms with Gasteiger partial charge in [0, 0.05) is 26.8 Å². The van der Waals surface area contributed by atoms with Gasteiger partial charge < -0.3 is 10.1 Å². The maximum atomic E-state index is 13.7. The molecule has 0 amide bonds. The molecule has 0 saturated heterocycles. The van der Waals surface area contributed by atoms with Crippen molar-refractivity contribution in [3.05, 3.63) is 28.5 Å². The lowest BCUT2D eigenvalue weighted by Gasteiger charge is -2.10. The minimum absolute atomic E-state index is 0.0663. The first kappa shape index (κ1) is 18.3. The van der Waals surface area contributed by atoms with E-state index in [0.717, 1.165) is 12.5 Å². The zero-order chi connectivity index (χ0) is 15.9. The fourth-order valence-electron chi connectivity index (χ4n) is 1.75. The number of benzene rings is 1. The summed E-state index contributed by atoms with van der Waals surface area (Å²) in [6.45, 7) is 1.13. The first-order valence-corrected chi connectivity index (χ1v) is 8.39. The molecule has 1 aromatic rings. The van der Waals surface area contributed by atoms with Gasteiger partial charge >= 0.3 is 0 Å². The first-order chi connectivity index (χ1) is 9.92. The van der Waals surface area contributed by atoms with Crippen LogP contribution in [0.4, 0.5) is 4.39 Å². The SMILES string of the molecule is CNCc1cc(S(=O)(=O)NCCCCOC)cc(F)c1Cl. The van der Waals surface area contributed by atoms with E-state index >= 15 is 0 Å². The average molecular weight is 339 g/mol. The highest BCUT2D eigenvalue weighted by atomic mass is 35.5. The van der Waals surface area contributed by atoms with Crippen molar-refractivity contribution < 1.29 is 17.5 Å². The summed E-state index contributed by atoms with van der Waals surface area (Å²) in [4.78, 5) is -0.124. The second-order valence-electron chi connectivity index (χ2n) is 4.51. The van der Waals surface area contributed by atoms with Gasteiger partial charge in [0.15, 0.2) is 0 Å². The quantitative estimate of drug-likeness (QED) is 0.675. The zero-order valence-corrected chi connectivity index (χ0v) is 13.7. The van der Waals surface area contributed by atoms with Crippen LogP contribution in [-0.2, 0) is 21.3 Å². The van der Waals surface area contributed by atoms with Crippen molar-refractivity contribution in [2.45, 2.75) is 24.3 Å². The number of sulfonamides is 1. The van der Waals surface area contributed by atoms with Crippen LogP contribution in [-0.4, -0.2) is 35.7 Å². The van der Waals surface area contributed by atoms with E-state index in [-0.39, 0.29) is 23.0 Å². The highest BCUT2D eigenvalue weighted by Gasteiger charge is 2.18. The Morgan fingerprint density at radius 1 is 1.33 bits per heavy atom. The lowest BCUT2D eigenvalue weighted by Crippen LogP contribution is -2.25. The highest BCUT2D eigenvalue weighted by molar-refractivity contribution is 7.89. The predicted molar refractivity (Wildman–Crippen MR) is 80.5 cm³/mol. The number of rotatable bonds is 9. The fraction of sp³-hybridized carbons (Fsp3) is 0.538. The van der Waals surface area contributed by atoms with Crippen molar-refractivity contribution in [1.82, 2.24) is 10.0 Å². The lowest BCUT2D eigenvalue weighted by molar-refractivity contribution is 0.193. The second kappa shape index (κ2) is 8.65. The van der Waals surface area contributed by atoms with E-state index < -0.39 is 15.8 Å². The molecule has 0 atom stereocenters. The Labute approximate surface area is 129 Å². The Hall–Kier alpha value is -0.730. The summed E-state index contributed by atoms with van der Waals surface area (Å²) >= 11 is 5.81. The molecule has 0 saturated carbocycles. The number of halogens is 2. The Morgan fingerprint density at radius 2 is 2.05 bits per heavy atom. The minimum atomic E-state index is -3.74. The van der Waals surface area contributed by atoms with Gasteiger partial charge in [0.05, 0.1) is 9.92 Å². The number of nitrogens with one attached hydrogen (secondary N) is 2. The maximum absolute atomic E-state index is 13.7. The van der Waals surface area contributed by atoms with Crippen LogP contribution in [0.1, 0.15) is 18.4 Å². The van der Waals surface area contributed by atoms with Gasteiger partial charge in [-0.3, -0.25) is 0 Å². The molecule has 120 valence electrons. The summed E-state index contributed by atoms with van der Waals surface area (Å²) in [6, 6.07) is 2.30. The van der Waals surface area contributed by atoms with Gasteiger partial charge in [0.25, 0.3) is 0 Å². The summed E-state index contributed by atoms with van der Waals surface area (Å²) in [5.41, 5.74) is 0.402. The molecule has 0 spiro atoms. The molecule has 1 rings (SSSR count). The standard InChI is InChI=1S/C13H20ClFN2O3S/c1-16-9-10-7-11(8-12(15)13(10)14)21(18,19)17-5-3-4-6-20-2/h7-8,16-17H,3-6,9H2,1-2H3. The molecule has 5 nitrogen and oxygen atoms in total. The van der Waals surface area contributed by atoms with E-state index in [1.165, 1.54) is 6.07 Å². The second-order valence-corrected chi connectivity index (χ2v) is 6.65. The van der Waals surface area contributed by atoms with Crippen LogP contribution in [0.15, 0.2) is 17.0 Å². The molecule has 0 aliphatic heterocycles. The molecule has 0 radical (unpaired) electrons. The van der Waals surface area contributed by atoms with E-state index in [9.17, 15) is 12.8 Å². The minimum Gasteiger partial charge on any atom is -0.385 e. The highest BCUT2D eigenvalue weighted by Crippen LogP contribution is 2.24. The zero-order valence-electron chi connectivity index (χ0n) is 12.1. The van der Waals surface area contributed by atoms with Crippen LogP contribution < -0.4 is 10.0 Å². The molecule has 0 heterocycles. The largest absolute Gasteiger partial charge is 0.385 e. The van der Waals surface area contributed by atoms with Gasteiger partial charge in [0.2, 0.25) is 10.0 Å². The predicted octanol–water partition coefficient (Wildman–Crippen LogP) is 1.90. The summed E-state index contributed by atoms with van der Waals surface area (Å²) in [6.07, 6.45) is 1.39. The third kappa shape index (κ3) is 5.52. The summed E-state index contributed by atoms with van der Waals surface area (Å²) in [7, 11) is -0.487. The molecule has 21 heavy (non-hydrogen) atoms. The van der Waals surface area contributed by atoms with E-state index in [0.29, 0.717) is 18.6 Å². The molecule has 0 aliphatic carbocycles. The van der Waals surface area contributed by atoms with Crippen molar-refractivity contribution in [2.24, 2.45) is 0 Å².